The minimum atomic E-state index is -0.313. The van der Waals surface area contributed by atoms with Gasteiger partial charge >= 0.3 is 0 Å². The molecule has 0 bridgehead atoms. The molecule has 0 aliphatic rings. The maximum atomic E-state index is 14.3. The lowest BCUT2D eigenvalue weighted by molar-refractivity contribution is -0.657. The minimum absolute atomic E-state index is 0.0207. The lowest BCUT2D eigenvalue weighted by Gasteiger charge is -2.10. The summed E-state index contributed by atoms with van der Waals surface area (Å²) in [5.74, 6) is -0.334. The standard InChI is InChI=1S/C23H21FN3O/c1-4-25-15-26(22-12-8-7-11-21(22)25)14-23(28)18-13-16(2)27(17(18)3)20-10-6-5-9-19(20)24/h4-13,15H,1,14H2,2-3H3/q+1. The van der Waals surface area contributed by atoms with E-state index < -0.39 is 0 Å². The van der Waals surface area contributed by atoms with Crippen LogP contribution in [0.15, 0.2) is 67.5 Å². The van der Waals surface area contributed by atoms with Gasteiger partial charge in [0.05, 0.1) is 11.9 Å². The fourth-order valence-corrected chi connectivity index (χ4v) is 3.76. The number of nitrogens with zero attached hydrogens (tertiary/aromatic N) is 3. The molecule has 0 spiro atoms. The van der Waals surface area contributed by atoms with Crippen molar-refractivity contribution in [2.45, 2.75) is 20.4 Å². The number of hydrogen-bond donors (Lipinski definition) is 0. The molecule has 0 aliphatic heterocycles. The van der Waals surface area contributed by atoms with Crippen LogP contribution in [0, 0.1) is 19.7 Å². The summed E-state index contributed by atoms with van der Waals surface area (Å²) in [6, 6.07) is 16.3. The summed E-state index contributed by atoms with van der Waals surface area (Å²) in [5.41, 5.74) is 4.56. The van der Waals surface area contributed by atoms with Crippen molar-refractivity contribution in [3.8, 4) is 5.69 Å². The zero-order chi connectivity index (χ0) is 19.8. The van der Waals surface area contributed by atoms with Crippen LogP contribution in [0.1, 0.15) is 21.7 Å². The highest BCUT2D eigenvalue weighted by Gasteiger charge is 2.22. The Morgan fingerprint density at radius 3 is 2.61 bits per heavy atom. The lowest BCUT2D eigenvalue weighted by atomic mass is 10.1. The van der Waals surface area contributed by atoms with Crippen LogP contribution in [0.25, 0.3) is 22.9 Å². The molecule has 0 amide bonds. The van der Waals surface area contributed by atoms with Crippen molar-refractivity contribution in [1.82, 2.24) is 9.13 Å². The largest absolute Gasteiger partial charge is 0.315 e. The van der Waals surface area contributed by atoms with Crippen LogP contribution < -0.4 is 4.57 Å². The molecular weight excluding hydrogens is 353 g/mol. The van der Waals surface area contributed by atoms with Crippen LogP contribution in [0.5, 0.6) is 0 Å². The monoisotopic (exact) mass is 374 g/mol. The fourth-order valence-electron chi connectivity index (χ4n) is 3.76. The first-order valence-electron chi connectivity index (χ1n) is 9.10. The van der Waals surface area contributed by atoms with Gasteiger partial charge in [0.15, 0.2) is 17.6 Å². The van der Waals surface area contributed by atoms with Crippen molar-refractivity contribution in [2.75, 3.05) is 0 Å². The van der Waals surface area contributed by atoms with Crippen molar-refractivity contribution < 1.29 is 13.8 Å². The molecule has 0 atom stereocenters. The number of aromatic nitrogens is 3. The van der Waals surface area contributed by atoms with E-state index in [2.05, 4.69) is 6.58 Å². The van der Waals surface area contributed by atoms with E-state index in [9.17, 15) is 9.18 Å². The number of carbonyl (C=O) groups is 1. The van der Waals surface area contributed by atoms with Gasteiger partial charge in [0, 0.05) is 17.0 Å². The second kappa shape index (κ2) is 6.93. The molecule has 0 saturated heterocycles. The van der Waals surface area contributed by atoms with E-state index in [1.54, 1.807) is 29.0 Å². The van der Waals surface area contributed by atoms with E-state index in [1.807, 2.05) is 59.6 Å². The number of hydrogen-bond acceptors (Lipinski definition) is 1. The second-order valence-electron chi connectivity index (χ2n) is 6.82. The third kappa shape index (κ3) is 2.85. The van der Waals surface area contributed by atoms with Gasteiger partial charge < -0.3 is 4.57 Å². The molecule has 4 rings (SSSR count). The van der Waals surface area contributed by atoms with Gasteiger partial charge in [0.2, 0.25) is 12.1 Å². The molecule has 4 nitrogen and oxygen atoms in total. The fraction of sp³-hybridized carbons (Fsp3) is 0.130. The quantitative estimate of drug-likeness (QED) is 0.375. The number of rotatable bonds is 5. The van der Waals surface area contributed by atoms with Crippen LogP contribution in [-0.2, 0) is 6.54 Å². The van der Waals surface area contributed by atoms with Crippen LogP contribution in [0.4, 0.5) is 4.39 Å². The van der Waals surface area contributed by atoms with E-state index in [-0.39, 0.29) is 18.1 Å². The van der Waals surface area contributed by atoms with Crippen LogP contribution in [-0.4, -0.2) is 14.9 Å². The van der Waals surface area contributed by atoms with Crippen LogP contribution in [0.2, 0.25) is 0 Å². The van der Waals surface area contributed by atoms with E-state index >= 15 is 0 Å². The first kappa shape index (κ1) is 17.9. The van der Waals surface area contributed by atoms with Gasteiger partial charge in [-0.2, -0.15) is 0 Å². The Morgan fingerprint density at radius 1 is 1.14 bits per heavy atom. The van der Waals surface area contributed by atoms with Crippen LogP contribution in [0.3, 0.4) is 0 Å². The third-order valence-corrected chi connectivity index (χ3v) is 5.07. The van der Waals surface area contributed by atoms with Crippen molar-refractivity contribution in [2.24, 2.45) is 0 Å². The molecular formula is C23H21FN3O+. The maximum absolute atomic E-state index is 14.3. The molecule has 5 heteroatoms. The summed E-state index contributed by atoms with van der Waals surface area (Å²) in [5, 5.41) is 0. The normalized spacial score (nSPS) is 11.1. The first-order valence-corrected chi connectivity index (χ1v) is 9.10. The predicted octanol–water partition coefficient (Wildman–Crippen LogP) is 4.46. The number of para-hydroxylation sites is 3. The van der Waals surface area contributed by atoms with E-state index in [1.165, 1.54) is 6.07 Å². The summed E-state index contributed by atoms with van der Waals surface area (Å²) < 4.78 is 19.9. The Morgan fingerprint density at radius 2 is 1.86 bits per heavy atom. The Balaban J connectivity index is 1.74. The highest BCUT2D eigenvalue weighted by molar-refractivity contribution is 5.97. The zero-order valence-electron chi connectivity index (χ0n) is 15.9. The van der Waals surface area contributed by atoms with Crippen LogP contribution >= 0.6 is 0 Å². The highest BCUT2D eigenvalue weighted by Crippen LogP contribution is 2.23. The number of fused-ring (bicyclic) bond motifs is 1. The number of carbonyl (C=O) groups excluding carboxylic acids is 1. The summed E-state index contributed by atoms with van der Waals surface area (Å²) >= 11 is 0. The Hall–Kier alpha value is -3.47. The Labute approximate surface area is 162 Å². The molecule has 28 heavy (non-hydrogen) atoms. The van der Waals surface area contributed by atoms with Gasteiger partial charge in [-0.3, -0.25) is 4.79 Å². The molecule has 0 N–H and O–H groups in total. The number of imidazole rings is 1. The minimum Gasteiger partial charge on any atom is -0.315 e. The van der Waals surface area contributed by atoms with Gasteiger partial charge in [0.1, 0.15) is 5.82 Å². The average Bonchev–Trinajstić information content (AvgIpc) is 3.19. The summed E-state index contributed by atoms with van der Waals surface area (Å²) in [7, 11) is 0. The molecule has 140 valence electrons. The number of ketones is 1. The topological polar surface area (TPSA) is 30.8 Å². The van der Waals surface area contributed by atoms with E-state index in [0.717, 1.165) is 22.4 Å². The molecule has 2 heterocycles. The summed E-state index contributed by atoms with van der Waals surface area (Å²) in [4.78, 5) is 13.1. The smallest absolute Gasteiger partial charge is 0.249 e. The molecule has 2 aromatic heterocycles. The lowest BCUT2D eigenvalue weighted by Crippen LogP contribution is -2.36. The molecule has 0 radical (unpaired) electrons. The number of aryl methyl sites for hydroxylation is 1. The molecule has 2 aromatic carbocycles. The number of halogens is 1. The molecule has 0 aliphatic carbocycles. The van der Waals surface area contributed by atoms with Gasteiger partial charge in [-0.15, -0.1) is 0 Å². The van der Waals surface area contributed by atoms with Gasteiger partial charge in [-0.05, 0) is 44.2 Å². The zero-order valence-corrected chi connectivity index (χ0v) is 15.9. The molecule has 0 unspecified atom stereocenters. The maximum Gasteiger partial charge on any atom is 0.249 e. The van der Waals surface area contributed by atoms with Crippen molar-refractivity contribution >= 4 is 23.0 Å². The second-order valence-corrected chi connectivity index (χ2v) is 6.82. The van der Waals surface area contributed by atoms with Crippen molar-refractivity contribution in [3.05, 3.63) is 90.3 Å². The Kier molecular flexibility index (Phi) is 4.43. The van der Waals surface area contributed by atoms with Crippen molar-refractivity contribution in [3.63, 3.8) is 0 Å². The highest BCUT2D eigenvalue weighted by atomic mass is 19.1. The first-order chi connectivity index (χ1) is 13.5. The molecule has 0 saturated carbocycles. The van der Waals surface area contributed by atoms with Gasteiger partial charge in [0.25, 0.3) is 0 Å². The van der Waals surface area contributed by atoms with Crippen molar-refractivity contribution in [1.29, 1.82) is 0 Å². The van der Waals surface area contributed by atoms with E-state index in [0.29, 0.717) is 11.3 Å². The predicted molar refractivity (Wildman–Crippen MR) is 108 cm³/mol. The average molecular weight is 374 g/mol. The summed E-state index contributed by atoms with van der Waals surface area (Å²) in [6.07, 6.45) is 3.58. The number of benzene rings is 2. The summed E-state index contributed by atoms with van der Waals surface area (Å²) in [6.45, 7) is 7.76. The van der Waals surface area contributed by atoms with E-state index in [4.69, 9.17) is 0 Å². The van der Waals surface area contributed by atoms with Gasteiger partial charge in [-0.1, -0.05) is 30.8 Å². The Bertz CT molecular complexity index is 1220. The third-order valence-electron chi connectivity index (χ3n) is 5.07. The van der Waals surface area contributed by atoms with Gasteiger partial charge in [-0.25, -0.2) is 13.5 Å². The number of Topliss-reactive ketones (excluding diaryl/α,β-unsaturated/α-hetero) is 1. The SMILES string of the molecule is C=Cn1c[n+](CC(=O)c2cc(C)n(-c3ccccc3F)c2C)c2ccccc21. The molecule has 4 aromatic rings. The molecule has 0 fully saturated rings.